The Morgan fingerprint density at radius 3 is 2.82 bits per heavy atom. The fourth-order valence-electron chi connectivity index (χ4n) is 6.32. The molecule has 4 heterocycles. The van der Waals surface area contributed by atoms with E-state index in [4.69, 9.17) is 21.3 Å². The number of rotatable bonds is 6. The highest BCUT2D eigenvalue weighted by molar-refractivity contribution is 6.36. The van der Waals surface area contributed by atoms with Gasteiger partial charge in [-0.05, 0) is 50.4 Å². The third-order valence-electron chi connectivity index (χ3n) is 8.40. The molecule has 2 atom stereocenters. The van der Waals surface area contributed by atoms with Crippen molar-refractivity contribution in [2.45, 2.75) is 44.3 Å². The van der Waals surface area contributed by atoms with E-state index in [1.165, 1.54) is 0 Å². The molecule has 7 nitrogen and oxygen atoms in total. The van der Waals surface area contributed by atoms with Crippen molar-refractivity contribution in [3.63, 3.8) is 0 Å². The van der Waals surface area contributed by atoms with Gasteiger partial charge in [0.2, 0.25) is 5.82 Å². The highest BCUT2D eigenvalue weighted by Crippen LogP contribution is 2.39. The Bertz CT molecular complexity index is 1410. The number of aromatic nitrogens is 1. The molecule has 3 aromatic rings. The SMILES string of the molecule is CN1CCC[C@H]1COc1nc2c(c(N3CCN[C@@H](CC#N)C3)c1F)CCN(c1cccc3cccc(Cl)c13)C2. The number of likely N-dealkylation sites (tertiary alicyclic amines) is 1. The average Bonchev–Trinajstić information content (AvgIpc) is 3.36. The first-order valence-electron chi connectivity index (χ1n) is 13.8. The summed E-state index contributed by atoms with van der Waals surface area (Å²) in [5.41, 5.74) is 3.43. The number of hydrogen-bond donors (Lipinski definition) is 1. The van der Waals surface area contributed by atoms with Crippen molar-refractivity contribution >= 4 is 33.7 Å². The number of hydrogen-bond acceptors (Lipinski definition) is 7. The number of nitrogens with zero attached hydrogens (tertiary/aromatic N) is 5. The zero-order valence-corrected chi connectivity index (χ0v) is 23.1. The van der Waals surface area contributed by atoms with E-state index >= 15 is 4.39 Å². The molecule has 2 saturated heterocycles. The molecule has 0 bridgehead atoms. The molecular weight excluding hydrogens is 515 g/mol. The first-order chi connectivity index (χ1) is 19.0. The van der Waals surface area contributed by atoms with Crippen LogP contribution in [0.15, 0.2) is 36.4 Å². The molecule has 2 aromatic carbocycles. The number of nitriles is 1. The topological polar surface area (TPSA) is 67.7 Å². The number of nitrogens with one attached hydrogen (secondary N) is 1. The van der Waals surface area contributed by atoms with Gasteiger partial charge in [0.1, 0.15) is 6.61 Å². The summed E-state index contributed by atoms with van der Waals surface area (Å²) in [6.07, 6.45) is 3.21. The van der Waals surface area contributed by atoms with Crippen molar-refractivity contribution in [1.82, 2.24) is 15.2 Å². The fourth-order valence-corrected chi connectivity index (χ4v) is 6.60. The second kappa shape index (κ2) is 11.2. The van der Waals surface area contributed by atoms with Crippen molar-refractivity contribution in [2.24, 2.45) is 0 Å². The molecule has 0 radical (unpaired) electrons. The van der Waals surface area contributed by atoms with Crippen LogP contribution in [-0.2, 0) is 13.0 Å². The number of pyridine rings is 1. The van der Waals surface area contributed by atoms with Crippen LogP contribution in [0.25, 0.3) is 10.8 Å². The number of anilines is 2. The molecule has 0 unspecified atom stereocenters. The van der Waals surface area contributed by atoms with Crippen LogP contribution in [0.4, 0.5) is 15.8 Å². The number of ether oxygens (including phenoxy) is 1. The number of fused-ring (bicyclic) bond motifs is 2. The van der Waals surface area contributed by atoms with Crippen molar-refractivity contribution in [1.29, 1.82) is 5.26 Å². The molecule has 0 saturated carbocycles. The van der Waals surface area contributed by atoms with Gasteiger partial charge in [-0.3, -0.25) is 0 Å². The summed E-state index contributed by atoms with van der Waals surface area (Å²) in [5, 5.41) is 15.5. The highest BCUT2D eigenvalue weighted by atomic mass is 35.5. The minimum atomic E-state index is -0.381. The smallest absolute Gasteiger partial charge is 0.253 e. The summed E-state index contributed by atoms with van der Waals surface area (Å²) < 4.78 is 22.4. The molecule has 3 aliphatic heterocycles. The van der Waals surface area contributed by atoms with Gasteiger partial charge >= 0.3 is 0 Å². The maximum absolute atomic E-state index is 16.3. The highest BCUT2D eigenvalue weighted by Gasteiger charge is 2.32. The molecular formula is C30H34ClFN6O. The number of piperazine rings is 1. The van der Waals surface area contributed by atoms with E-state index in [1.54, 1.807) is 0 Å². The first kappa shape index (κ1) is 26.1. The Morgan fingerprint density at radius 2 is 2.03 bits per heavy atom. The molecule has 0 spiro atoms. The molecule has 3 aliphatic rings. The Kier molecular flexibility index (Phi) is 7.48. The van der Waals surface area contributed by atoms with Gasteiger partial charge in [-0.2, -0.15) is 9.65 Å². The second-order valence-corrected chi connectivity index (χ2v) is 11.2. The molecule has 0 aliphatic carbocycles. The lowest BCUT2D eigenvalue weighted by molar-refractivity contribution is 0.187. The van der Waals surface area contributed by atoms with Crippen molar-refractivity contribution in [3.8, 4) is 11.9 Å². The minimum absolute atomic E-state index is 0.00128. The van der Waals surface area contributed by atoms with Gasteiger partial charge in [-0.25, -0.2) is 4.98 Å². The minimum Gasteiger partial charge on any atom is -0.474 e. The van der Waals surface area contributed by atoms with E-state index < -0.39 is 0 Å². The molecule has 6 rings (SSSR count). The Hall–Kier alpha value is -3.12. The predicted octanol–water partition coefficient (Wildman–Crippen LogP) is 4.75. The molecule has 1 aromatic heterocycles. The Morgan fingerprint density at radius 1 is 1.18 bits per heavy atom. The number of benzene rings is 2. The zero-order valence-electron chi connectivity index (χ0n) is 22.3. The average molecular weight is 549 g/mol. The first-order valence-corrected chi connectivity index (χ1v) is 14.2. The van der Waals surface area contributed by atoms with Crippen LogP contribution in [0.3, 0.4) is 0 Å². The summed E-state index contributed by atoms with van der Waals surface area (Å²) >= 11 is 6.66. The molecule has 9 heteroatoms. The van der Waals surface area contributed by atoms with Gasteiger partial charge in [0, 0.05) is 54.9 Å². The van der Waals surface area contributed by atoms with Gasteiger partial charge in [-0.1, -0.05) is 35.9 Å². The monoisotopic (exact) mass is 548 g/mol. The fraction of sp³-hybridized carbons (Fsp3) is 0.467. The van der Waals surface area contributed by atoms with Crippen LogP contribution in [-0.4, -0.2) is 68.3 Å². The number of halogens is 2. The maximum atomic E-state index is 16.3. The van der Waals surface area contributed by atoms with Crippen molar-refractivity contribution < 1.29 is 9.13 Å². The largest absolute Gasteiger partial charge is 0.474 e. The van der Waals surface area contributed by atoms with Crippen LogP contribution < -0.4 is 19.9 Å². The lowest BCUT2D eigenvalue weighted by atomic mass is 9.98. The quantitative estimate of drug-likeness (QED) is 0.476. The van der Waals surface area contributed by atoms with E-state index in [1.807, 2.05) is 12.1 Å². The van der Waals surface area contributed by atoms with E-state index in [-0.39, 0.29) is 23.8 Å². The molecule has 0 amide bonds. The summed E-state index contributed by atoms with van der Waals surface area (Å²) in [4.78, 5) is 11.5. The van der Waals surface area contributed by atoms with Crippen LogP contribution in [0, 0.1) is 17.1 Å². The zero-order chi connectivity index (χ0) is 26.9. The van der Waals surface area contributed by atoms with Crippen LogP contribution in [0.5, 0.6) is 5.88 Å². The third-order valence-corrected chi connectivity index (χ3v) is 8.72. The standard InChI is InChI=1S/C30H34ClFN6O/c1-36-14-4-7-22(36)19-39-30-28(32)29(38-16-13-34-21(17-38)10-12-33)23-11-15-37(18-25(23)35-30)26-9-3-6-20-5-2-8-24(31)27(20)26/h2-3,5-6,8-9,21-22,34H,4,7,10-11,13-19H2,1H3/t21-,22-/m0/s1. The van der Waals surface area contributed by atoms with Crippen LogP contribution in [0.1, 0.15) is 30.5 Å². The lowest BCUT2D eigenvalue weighted by Gasteiger charge is -2.38. The van der Waals surface area contributed by atoms with Gasteiger partial charge < -0.3 is 24.8 Å². The van der Waals surface area contributed by atoms with Crippen molar-refractivity contribution in [2.75, 3.05) is 56.2 Å². The van der Waals surface area contributed by atoms with Gasteiger partial charge in [0.25, 0.3) is 5.88 Å². The van der Waals surface area contributed by atoms with E-state index in [0.29, 0.717) is 51.3 Å². The molecule has 2 fully saturated rings. The van der Waals surface area contributed by atoms with Gasteiger partial charge in [0.05, 0.1) is 35.4 Å². The summed E-state index contributed by atoms with van der Waals surface area (Å²) in [7, 11) is 2.09. The van der Waals surface area contributed by atoms with Gasteiger partial charge in [0.15, 0.2) is 0 Å². The maximum Gasteiger partial charge on any atom is 0.253 e. The molecule has 39 heavy (non-hydrogen) atoms. The number of likely N-dealkylation sites (N-methyl/N-ethyl adjacent to an activating group) is 1. The normalized spacial score (nSPS) is 21.7. The summed E-state index contributed by atoms with van der Waals surface area (Å²) in [5.74, 6) is -0.300. The van der Waals surface area contributed by atoms with E-state index in [2.05, 4.69) is 57.4 Å². The molecule has 204 valence electrons. The predicted molar refractivity (Wildman–Crippen MR) is 153 cm³/mol. The Balaban J connectivity index is 1.37. The lowest BCUT2D eigenvalue weighted by Crippen LogP contribution is -2.51. The second-order valence-electron chi connectivity index (χ2n) is 10.8. The summed E-state index contributed by atoms with van der Waals surface area (Å²) in [6, 6.07) is 14.7. The summed E-state index contributed by atoms with van der Waals surface area (Å²) in [6.45, 7) is 4.67. The Labute approximate surface area is 234 Å². The van der Waals surface area contributed by atoms with Crippen molar-refractivity contribution in [3.05, 3.63) is 58.5 Å². The third kappa shape index (κ3) is 5.11. The van der Waals surface area contributed by atoms with Gasteiger partial charge in [-0.15, -0.1) is 0 Å². The molecule has 1 N–H and O–H groups in total. The van der Waals surface area contributed by atoms with Crippen LogP contribution in [0.2, 0.25) is 5.02 Å². The van der Waals surface area contributed by atoms with E-state index in [9.17, 15) is 5.26 Å². The van der Waals surface area contributed by atoms with E-state index in [0.717, 1.165) is 58.7 Å². The van der Waals surface area contributed by atoms with Crippen LogP contribution >= 0.6 is 11.6 Å².